The molecule has 0 saturated carbocycles. The third kappa shape index (κ3) is 3.79. The first-order valence-corrected chi connectivity index (χ1v) is 8.24. The van der Waals surface area contributed by atoms with Crippen LogP contribution in [0.4, 0.5) is 14.9 Å². The largest absolute Gasteiger partial charge is 0.490 e. The van der Waals surface area contributed by atoms with Crippen LogP contribution in [0.25, 0.3) is 0 Å². The number of aryl methyl sites for hydroxylation is 1. The van der Waals surface area contributed by atoms with Gasteiger partial charge in [0.25, 0.3) is 0 Å². The van der Waals surface area contributed by atoms with E-state index in [1.807, 2.05) is 18.2 Å². The van der Waals surface area contributed by atoms with Gasteiger partial charge in [-0.1, -0.05) is 29.8 Å². The summed E-state index contributed by atoms with van der Waals surface area (Å²) < 4.78 is 18.4. The number of benzene rings is 2. The van der Waals surface area contributed by atoms with Gasteiger partial charge in [-0.3, -0.25) is 4.90 Å². The molecule has 2 aromatic carbocycles. The van der Waals surface area contributed by atoms with Crippen LogP contribution in [0.3, 0.4) is 0 Å². The number of para-hydroxylation sites is 1. The Morgan fingerprint density at radius 2 is 2.12 bits per heavy atom. The number of fused-ring (bicyclic) bond motifs is 1. The topological polar surface area (TPSA) is 41.6 Å². The number of carbonyl (C=O) groups excluding carboxylic acids is 1. The molecule has 1 aliphatic rings. The lowest BCUT2D eigenvalue weighted by Gasteiger charge is -2.29. The number of nitrogens with zero attached hydrogens (tertiary/aromatic N) is 1. The Hall–Kier alpha value is -2.27. The summed E-state index contributed by atoms with van der Waals surface area (Å²) in [5.74, 6) is -0.0138. The summed E-state index contributed by atoms with van der Waals surface area (Å²) in [6.45, 7) is 1.30. The zero-order valence-corrected chi connectivity index (χ0v) is 13.9. The molecule has 0 spiro atoms. The van der Waals surface area contributed by atoms with E-state index in [1.54, 1.807) is 4.90 Å². The number of ether oxygens (including phenoxy) is 1. The van der Waals surface area contributed by atoms with E-state index in [4.69, 9.17) is 16.3 Å². The highest BCUT2D eigenvalue weighted by atomic mass is 35.5. The SMILES string of the molecule is O=C(NCCOc1ccc(F)cc1Cl)N1CCCc2ccccc21. The van der Waals surface area contributed by atoms with Crippen molar-refractivity contribution in [1.29, 1.82) is 0 Å². The van der Waals surface area contributed by atoms with Crippen molar-refractivity contribution in [3.8, 4) is 5.75 Å². The molecule has 6 heteroatoms. The Morgan fingerprint density at radius 3 is 2.96 bits per heavy atom. The molecule has 1 aliphatic heterocycles. The molecule has 0 aromatic heterocycles. The first-order chi connectivity index (χ1) is 11.6. The van der Waals surface area contributed by atoms with Crippen LogP contribution in [0, 0.1) is 5.82 Å². The smallest absolute Gasteiger partial charge is 0.321 e. The second kappa shape index (κ2) is 7.53. The van der Waals surface area contributed by atoms with Crippen LogP contribution < -0.4 is 15.0 Å². The number of rotatable bonds is 4. The highest BCUT2D eigenvalue weighted by Gasteiger charge is 2.21. The quantitative estimate of drug-likeness (QED) is 0.848. The van der Waals surface area contributed by atoms with Gasteiger partial charge in [0, 0.05) is 12.2 Å². The Labute approximate surface area is 145 Å². The first kappa shape index (κ1) is 16.6. The van der Waals surface area contributed by atoms with Gasteiger partial charge in [-0.15, -0.1) is 0 Å². The predicted octanol–water partition coefficient (Wildman–Crippen LogP) is 4.02. The number of nitrogens with one attached hydrogen (secondary N) is 1. The normalized spacial score (nSPS) is 13.3. The van der Waals surface area contributed by atoms with E-state index in [2.05, 4.69) is 11.4 Å². The summed E-state index contributed by atoms with van der Waals surface area (Å²) in [6.07, 6.45) is 1.94. The predicted molar refractivity (Wildman–Crippen MR) is 92.4 cm³/mol. The van der Waals surface area contributed by atoms with Gasteiger partial charge in [-0.25, -0.2) is 9.18 Å². The van der Waals surface area contributed by atoms with Crippen LogP contribution in [0.1, 0.15) is 12.0 Å². The maximum absolute atomic E-state index is 13.0. The maximum Gasteiger partial charge on any atom is 0.321 e. The Bertz CT molecular complexity index is 739. The van der Waals surface area contributed by atoms with E-state index in [0.717, 1.165) is 18.5 Å². The van der Waals surface area contributed by atoms with E-state index < -0.39 is 5.82 Å². The van der Waals surface area contributed by atoms with Crippen LogP contribution in [0.5, 0.6) is 5.75 Å². The van der Waals surface area contributed by atoms with E-state index in [0.29, 0.717) is 18.8 Å². The van der Waals surface area contributed by atoms with Gasteiger partial charge in [0.15, 0.2) is 0 Å². The number of carbonyl (C=O) groups is 1. The molecule has 4 nitrogen and oxygen atoms in total. The molecule has 24 heavy (non-hydrogen) atoms. The van der Waals surface area contributed by atoms with Gasteiger partial charge in [0.2, 0.25) is 0 Å². The Kier molecular flexibility index (Phi) is 5.20. The van der Waals surface area contributed by atoms with Gasteiger partial charge >= 0.3 is 6.03 Å². The van der Waals surface area contributed by atoms with E-state index in [1.165, 1.54) is 23.8 Å². The van der Waals surface area contributed by atoms with Crippen molar-refractivity contribution < 1.29 is 13.9 Å². The van der Waals surface area contributed by atoms with Crippen molar-refractivity contribution in [1.82, 2.24) is 5.32 Å². The highest BCUT2D eigenvalue weighted by molar-refractivity contribution is 6.32. The molecule has 0 atom stereocenters. The summed E-state index contributed by atoms with van der Waals surface area (Å²) in [5.41, 5.74) is 2.15. The van der Waals surface area contributed by atoms with Crippen LogP contribution in [0.15, 0.2) is 42.5 Å². The van der Waals surface area contributed by atoms with Gasteiger partial charge in [0.05, 0.1) is 11.6 Å². The molecule has 1 heterocycles. The van der Waals surface area contributed by atoms with E-state index >= 15 is 0 Å². The van der Waals surface area contributed by atoms with Crippen molar-refractivity contribution in [2.45, 2.75) is 12.8 Å². The number of hydrogen-bond acceptors (Lipinski definition) is 2. The lowest BCUT2D eigenvalue weighted by molar-refractivity contribution is 0.241. The molecule has 2 amide bonds. The molecular weight excluding hydrogens is 331 g/mol. The number of halogens is 2. The van der Waals surface area contributed by atoms with E-state index in [-0.39, 0.29) is 17.7 Å². The molecular formula is C18H18ClFN2O2. The van der Waals surface area contributed by atoms with Crippen molar-refractivity contribution in [2.24, 2.45) is 0 Å². The highest BCUT2D eigenvalue weighted by Crippen LogP contribution is 2.27. The second-order valence-corrected chi connectivity index (χ2v) is 5.95. The minimum Gasteiger partial charge on any atom is -0.490 e. The summed E-state index contributed by atoms with van der Waals surface area (Å²) in [7, 11) is 0. The van der Waals surface area contributed by atoms with Gasteiger partial charge in [-0.2, -0.15) is 0 Å². The molecule has 0 unspecified atom stereocenters. The number of amides is 2. The molecule has 0 saturated heterocycles. The molecule has 126 valence electrons. The Morgan fingerprint density at radius 1 is 1.29 bits per heavy atom. The number of urea groups is 1. The van der Waals surface area contributed by atoms with Crippen molar-refractivity contribution in [3.63, 3.8) is 0 Å². The average Bonchev–Trinajstić information content (AvgIpc) is 2.59. The third-order valence-electron chi connectivity index (χ3n) is 3.89. The summed E-state index contributed by atoms with van der Waals surface area (Å²) in [6, 6.07) is 11.7. The van der Waals surface area contributed by atoms with E-state index in [9.17, 15) is 9.18 Å². The third-order valence-corrected chi connectivity index (χ3v) is 4.18. The Balaban J connectivity index is 1.51. The zero-order chi connectivity index (χ0) is 16.9. The van der Waals surface area contributed by atoms with Crippen molar-refractivity contribution in [2.75, 3.05) is 24.6 Å². The molecule has 2 aromatic rings. The molecule has 3 rings (SSSR count). The molecule has 0 radical (unpaired) electrons. The number of anilines is 1. The minimum atomic E-state index is -0.413. The molecule has 0 bridgehead atoms. The molecule has 0 fully saturated rings. The molecule has 1 N–H and O–H groups in total. The molecule has 0 aliphatic carbocycles. The minimum absolute atomic E-state index is 0.143. The lowest BCUT2D eigenvalue weighted by atomic mass is 10.0. The fourth-order valence-corrected chi connectivity index (χ4v) is 2.97. The van der Waals surface area contributed by atoms with Gasteiger partial charge < -0.3 is 10.1 Å². The van der Waals surface area contributed by atoms with Crippen LogP contribution in [-0.2, 0) is 6.42 Å². The van der Waals surface area contributed by atoms with Crippen LogP contribution >= 0.6 is 11.6 Å². The maximum atomic E-state index is 13.0. The van der Waals surface area contributed by atoms with Crippen LogP contribution in [0.2, 0.25) is 5.02 Å². The summed E-state index contributed by atoms with van der Waals surface area (Å²) in [5, 5.41) is 3.05. The zero-order valence-electron chi connectivity index (χ0n) is 13.1. The van der Waals surface area contributed by atoms with Crippen LogP contribution in [-0.4, -0.2) is 25.7 Å². The average molecular weight is 349 g/mol. The standard InChI is InChI=1S/C18H18ClFN2O2/c19-15-12-14(20)7-8-17(15)24-11-9-21-18(23)22-10-3-5-13-4-1-2-6-16(13)22/h1-2,4,6-8,12H,3,5,9-11H2,(H,21,23). The number of hydrogen-bond donors (Lipinski definition) is 1. The first-order valence-electron chi connectivity index (χ1n) is 7.86. The van der Waals surface area contributed by atoms with Gasteiger partial charge in [0.1, 0.15) is 18.2 Å². The summed E-state index contributed by atoms with van der Waals surface area (Å²) in [4.78, 5) is 14.1. The van der Waals surface area contributed by atoms with Crippen molar-refractivity contribution in [3.05, 3.63) is 58.9 Å². The monoisotopic (exact) mass is 348 g/mol. The van der Waals surface area contributed by atoms with Gasteiger partial charge in [-0.05, 0) is 42.7 Å². The fraction of sp³-hybridized carbons (Fsp3) is 0.278. The van der Waals surface area contributed by atoms with Crippen molar-refractivity contribution >= 4 is 23.3 Å². The second-order valence-electron chi connectivity index (χ2n) is 5.54. The summed E-state index contributed by atoms with van der Waals surface area (Å²) >= 11 is 5.89. The lowest BCUT2D eigenvalue weighted by Crippen LogP contribution is -2.44. The fourth-order valence-electron chi connectivity index (χ4n) is 2.75.